The van der Waals surface area contributed by atoms with E-state index in [2.05, 4.69) is 15.6 Å². The molecule has 1 fully saturated rings. The van der Waals surface area contributed by atoms with E-state index < -0.39 is 10.0 Å². The number of benzene rings is 1. The molecule has 2 rings (SSSR count). The van der Waals surface area contributed by atoms with E-state index in [0.717, 1.165) is 5.56 Å². The van der Waals surface area contributed by atoms with Crippen LogP contribution in [0.4, 0.5) is 0 Å². The highest BCUT2D eigenvalue weighted by molar-refractivity contribution is 14.0. The molecule has 1 aromatic rings. The quantitative estimate of drug-likeness (QED) is 0.327. The highest BCUT2D eigenvalue weighted by Gasteiger charge is 2.23. The van der Waals surface area contributed by atoms with Gasteiger partial charge in [0.05, 0.1) is 25.5 Å². The zero-order valence-corrected chi connectivity index (χ0v) is 18.7. The fraction of sp³-hybridized carbons (Fsp3) is 0.562. The minimum Gasteiger partial charge on any atom is -0.379 e. The van der Waals surface area contributed by atoms with Gasteiger partial charge in [0.15, 0.2) is 5.96 Å². The van der Waals surface area contributed by atoms with Gasteiger partial charge >= 0.3 is 0 Å². The van der Waals surface area contributed by atoms with Crippen LogP contribution in [0.5, 0.6) is 0 Å². The molecule has 10 heteroatoms. The Morgan fingerprint density at radius 2 is 1.96 bits per heavy atom. The number of aliphatic imine (C=N–C) groups is 1. The second kappa shape index (κ2) is 12.0. The first kappa shape index (κ1) is 23.4. The summed E-state index contributed by atoms with van der Waals surface area (Å²) in [5, 5.41) is 6.83. The zero-order valence-electron chi connectivity index (χ0n) is 14.8. The summed E-state index contributed by atoms with van der Waals surface area (Å²) in [7, 11) is -3.28. The van der Waals surface area contributed by atoms with Crippen molar-refractivity contribution in [1.82, 2.24) is 14.9 Å². The lowest BCUT2D eigenvalue weighted by Gasteiger charge is -2.26. The van der Waals surface area contributed by atoms with E-state index in [4.69, 9.17) is 16.3 Å². The topological polar surface area (TPSA) is 83.0 Å². The number of halogens is 2. The molecule has 0 radical (unpaired) electrons. The standard InChI is InChI=1S/C16H25ClN4O3S.HI/c1-2-18-16(20-13-14-5-3-4-6-15(14)17)19-7-12-25(22,23)21-8-10-24-11-9-21;/h3-6H,2,7-13H2,1H3,(H2,18,19,20);1H. The molecule has 0 aromatic heterocycles. The third kappa shape index (κ3) is 7.55. The molecule has 2 N–H and O–H groups in total. The van der Waals surface area contributed by atoms with Crippen molar-refractivity contribution in [2.24, 2.45) is 4.99 Å². The first-order valence-electron chi connectivity index (χ1n) is 8.34. The Morgan fingerprint density at radius 1 is 1.27 bits per heavy atom. The molecule has 0 unspecified atom stereocenters. The van der Waals surface area contributed by atoms with Gasteiger partial charge < -0.3 is 15.4 Å². The van der Waals surface area contributed by atoms with Crippen molar-refractivity contribution < 1.29 is 13.2 Å². The van der Waals surface area contributed by atoms with Gasteiger partial charge in [0.25, 0.3) is 0 Å². The van der Waals surface area contributed by atoms with E-state index in [1.807, 2.05) is 31.2 Å². The maximum Gasteiger partial charge on any atom is 0.215 e. The van der Waals surface area contributed by atoms with Gasteiger partial charge in [0, 0.05) is 31.2 Å². The zero-order chi connectivity index (χ0) is 18.1. The van der Waals surface area contributed by atoms with Gasteiger partial charge in [-0.2, -0.15) is 4.31 Å². The molecule has 148 valence electrons. The van der Waals surface area contributed by atoms with Crippen LogP contribution in [0.25, 0.3) is 0 Å². The monoisotopic (exact) mass is 516 g/mol. The number of ether oxygens (including phenoxy) is 1. The van der Waals surface area contributed by atoms with Crippen molar-refractivity contribution in [3.63, 3.8) is 0 Å². The predicted molar refractivity (Wildman–Crippen MR) is 116 cm³/mol. The highest BCUT2D eigenvalue weighted by Crippen LogP contribution is 2.15. The molecule has 0 saturated carbocycles. The Hall–Kier alpha value is -0.620. The normalized spacial score (nSPS) is 16.0. The van der Waals surface area contributed by atoms with Gasteiger partial charge in [-0.15, -0.1) is 24.0 Å². The summed E-state index contributed by atoms with van der Waals surface area (Å²) in [6.45, 7) is 5.09. The molecule has 0 aliphatic carbocycles. The molecule has 1 aromatic carbocycles. The number of hydrogen-bond donors (Lipinski definition) is 2. The summed E-state index contributed by atoms with van der Waals surface area (Å²) in [6, 6.07) is 7.52. The van der Waals surface area contributed by atoms with Crippen molar-refractivity contribution >= 4 is 51.6 Å². The number of guanidine groups is 1. The van der Waals surface area contributed by atoms with Crippen LogP contribution in [0.15, 0.2) is 29.3 Å². The second-order valence-corrected chi connectivity index (χ2v) is 8.04. The average Bonchev–Trinajstić information content (AvgIpc) is 2.61. The van der Waals surface area contributed by atoms with Crippen LogP contribution in [-0.4, -0.2) is 63.8 Å². The smallest absolute Gasteiger partial charge is 0.215 e. The van der Waals surface area contributed by atoms with E-state index in [0.29, 0.717) is 50.4 Å². The molecule has 0 bridgehead atoms. The Morgan fingerprint density at radius 3 is 2.62 bits per heavy atom. The number of morpholine rings is 1. The fourth-order valence-corrected chi connectivity index (χ4v) is 3.90. The van der Waals surface area contributed by atoms with Crippen molar-refractivity contribution in [3.8, 4) is 0 Å². The van der Waals surface area contributed by atoms with Crippen molar-refractivity contribution in [3.05, 3.63) is 34.9 Å². The third-order valence-corrected chi connectivity index (χ3v) is 5.97. The summed E-state index contributed by atoms with van der Waals surface area (Å²) < 4.78 is 31.3. The lowest BCUT2D eigenvalue weighted by Crippen LogP contribution is -2.45. The number of sulfonamides is 1. The van der Waals surface area contributed by atoms with E-state index in [1.165, 1.54) is 4.31 Å². The Balaban J connectivity index is 0.00000338. The lowest BCUT2D eigenvalue weighted by molar-refractivity contribution is 0.0730. The maximum atomic E-state index is 12.3. The number of nitrogens with zero attached hydrogens (tertiary/aromatic N) is 2. The van der Waals surface area contributed by atoms with Crippen LogP contribution in [-0.2, 0) is 21.3 Å². The van der Waals surface area contributed by atoms with Gasteiger partial charge in [-0.05, 0) is 18.6 Å². The van der Waals surface area contributed by atoms with E-state index in [9.17, 15) is 8.42 Å². The SMILES string of the molecule is CCNC(=NCc1ccccc1Cl)NCCS(=O)(=O)N1CCOCC1.I. The van der Waals surface area contributed by atoms with Crippen LogP contribution >= 0.6 is 35.6 Å². The van der Waals surface area contributed by atoms with Crippen LogP contribution in [0.1, 0.15) is 12.5 Å². The molecule has 1 aliphatic heterocycles. The number of nitrogens with one attached hydrogen (secondary N) is 2. The largest absolute Gasteiger partial charge is 0.379 e. The van der Waals surface area contributed by atoms with Crippen molar-refractivity contribution in [2.75, 3.05) is 45.1 Å². The molecule has 26 heavy (non-hydrogen) atoms. The fourth-order valence-electron chi connectivity index (χ4n) is 2.38. The van der Waals surface area contributed by atoms with E-state index in [1.54, 1.807) is 0 Å². The minimum absolute atomic E-state index is 0. The van der Waals surface area contributed by atoms with Gasteiger partial charge in [-0.25, -0.2) is 13.4 Å². The van der Waals surface area contributed by atoms with Crippen LogP contribution in [0.3, 0.4) is 0 Å². The van der Waals surface area contributed by atoms with Gasteiger partial charge in [-0.3, -0.25) is 0 Å². The van der Waals surface area contributed by atoms with Crippen LogP contribution in [0.2, 0.25) is 5.02 Å². The van der Waals surface area contributed by atoms with E-state index in [-0.39, 0.29) is 36.3 Å². The second-order valence-electron chi connectivity index (χ2n) is 5.54. The van der Waals surface area contributed by atoms with Gasteiger partial charge in [-0.1, -0.05) is 29.8 Å². The lowest BCUT2D eigenvalue weighted by atomic mass is 10.2. The third-order valence-electron chi connectivity index (χ3n) is 3.73. The maximum absolute atomic E-state index is 12.3. The predicted octanol–water partition coefficient (Wildman–Crippen LogP) is 1.68. The molecule has 1 saturated heterocycles. The molecular formula is C16H26ClIN4O3S. The molecule has 7 nitrogen and oxygen atoms in total. The molecular weight excluding hydrogens is 491 g/mol. The molecule has 1 heterocycles. The number of rotatable bonds is 7. The van der Waals surface area contributed by atoms with Crippen LogP contribution < -0.4 is 10.6 Å². The Bertz CT molecular complexity index is 682. The first-order chi connectivity index (χ1) is 12.0. The summed E-state index contributed by atoms with van der Waals surface area (Å²) in [5.74, 6) is 0.586. The van der Waals surface area contributed by atoms with E-state index >= 15 is 0 Å². The molecule has 0 atom stereocenters. The van der Waals surface area contributed by atoms with Crippen LogP contribution in [0, 0.1) is 0 Å². The summed E-state index contributed by atoms with van der Waals surface area (Å²) in [5.41, 5.74) is 0.919. The number of hydrogen-bond acceptors (Lipinski definition) is 4. The highest BCUT2D eigenvalue weighted by atomic mass is 127. The van der Waals surface area contributed by atoms with Crippen molar-refractivity contribution in [2.45, 2.75) is 13.5 Å². The summed E-state index contributed by atoms with van der Waals surface area (Å²) in [4.78, 5) is 4.46. The Kier molecular flexibility index (Phi) is 10.8. The average molecular weight is 517 g/mol. The van der Waals surface area contributed by atoms with Gasteiger partial charge in [0.1, 0.15) is 0 Å². The first-order valence-corrected chi connectivity index (χ1v) is 10.3. The summed E-state index contributed by atoms with van der Waals surface area (Å²) in [6.07, 6.45) is 0. The molecule has 1 aliphatic rings. The van der Waals surface area contributed by atoms with Crippen molar-refractivity contribution in [1.29, 1.82) is 0 Å². The minimum atomic E-state index is -3.28. The molecule has 0 spiro atoms. The summed E-state index contributed by atoms with van der Waals surface area (Å²) >= 11 is 6.13. The Labute approximate surface area is 177 Å². The molecule has 0 amide bonds. The van der Waals surface area contributed by atoms with Gasteiger partial charge in [0.2, 0.25) is 10.0 Å².